The largest absolute Gasteiger partial charge is 0.482 e. The summed E-state index contributed by atoms with van der Waals surface area (Å²) in [4.78, 5) is 49.2. The lowest BCUT2D eigenvalue weighted by Gasteiger charge is -2.66. The van der Waals surface area contributed by atoms with Crippen LogP contribution in [0.2, 0.25) is 0 Å². The molecule has 4 fully saturated rings. The van der Waals surface area contributed by atoms with Crippen LogP contribution < -0.4 is 29.6 Å². The van der Waals surface area contributed by atoms with Gasteiger partial charge >= 0.3 is 5.97 Å². The predicted octanol–water partition coefficient (Wildman–Crippen LogP) is 6.41. The van der Waals surface area contributed by atoms with Crippen LogP contribution in [0.3, 0.4) is 0 Å². The van der Waals surface area contributed by atoms with Crippen LogP contribution in [0.25, 0.3) is 22.8 Å². The Labute approximate surface area is 452 Å². The topological polar surface area (TPSA) is 261 Å². The van der Waals surface area contributed by atoms with E-state index in [0.29, 0.717) is 64.4 Å². The summed E-state index contributed by atoms with van der Waals surface area (Å²) in [6.07, 6.45) is 3.66. The summed E-state index contributed by atoms with van der Waals surface area (Å²) in [6.45, 7) is 14.8. The molecule has 78 heavy (non-hydrogen) atoms. The highest BCUT2D eigenvalue weighted by Gasteiger charge is 2.77. The zero-order valence-corrected chi connectivity index (χ0v) is 45.2. The van der Waals surface area contributed by atoms with Crippen molar-refractivity contribution >= 4 is 46.4 Å². The number of rotatable bonds is 16. The Morgan fingerprint density at radius 1 is 0.949 bits per heavy atom. The molecule has 18 nitrogen and oxygen atoms in total. The van der Waals surface area contributed by atoms with Crippen molar-refractivity contribution in [2.24, 2.45) is 17.8 Å². The number of esters is 1. The second-order valence-electron chi connectivity index (χ2n) is 22.5. The normalized spacial score (nSPS) is 29.3. The van der Waals surface area contributed by atoms with E-state index in [1.807, 2.05) is 95.5 Å². The number of fused-ring (bicyclic) bond motifs is 8. The fourth-order valence-corrected chi connectivity index (χ4v) is 12.4. The van der Waals surface area contributed by atoms with Gasteiger partial charge in [0.05, 0.1) is 52.7 Å². The molecule has 6 unspecified atom stereocenters. The molecule has 1 spiro atoms. The highest BCUT2D eigenvalue weighted by atomic mass is 16.7. The van der Waals surface area contributed by atoms with Crippen LogP contribution in [0.1, 0.15) is 114 Å². The molecule has 18 heteroatoms. The number of imidazole rings is 1. The molecule has 2 bridgehead atoms. The van der Waals surface area contributed by atoms with Gasteiger partial charge < -0.3 is 69.5 Å². The van der Waals surface area contributed by atoms with Crippen LogP contribution in [0, 0.1) is 17.8 Å². The number of para-hydroxylation sites is 2. The van der Waals surface area contributed by atoms with E-state index in [1.54, 1.807) is 13.0 Å². The number of hydrogen-bond acceptors (Lipinski definition) is 16. The standard InChI is InChI=1S/C60H70N4O14/c1-30(2)12-11-23-58(8)24-22-37-50(77-58)36(20-15-31(3)4)52-43(51(37)76-55(72)34-16-18-35(19-17-34)74-56-49(69)48(68)47(67)42(29-66)75-56)45-44-46(64-41-14-10-9-13-40(41)62-57(64)63-45)38-28-39(32(5)6)60(44,78-52)59(73,53(38)70)25-21-33(7)54(71)61-26-27-65/h9-10,12-19,21-22,24,32,38-39,42,46-49,56,65-69,73H,11,20,23,25-29H2,1-8H3,(H,61,71)(H,62,63)/b33-21-/t38?,39?,42-,46?,47-,48+,49-,56-,58?,59?,60?/m1/s1. The summed E-state index contributed by atoms with van der Waals surface area (Å²) in [5, 5.41) is 70.9. The molecule has 5 heterocycles. The van der Waals surface area contributed by atoms with E-state index in [9.17, 15) is 40.2 Å². The van der Waals surface area contributed by atoms with Gasteiger partial charge in [-0.25, -0.2) is 9.78 Å². The molecule has 414 valence electrons. The fourth-order valence-electron chi connectivity index (χ4n) is 12.4. The smallest absolute Gasteiger partial charge is 0.343 e. The summed E-state index contributed by atoms with van der Waals surface area (Å²) < 4.78 is 35.2. The molecule has 1 amide bonds. The molecule has 7 aliphatic rings. The monoisotopic (exact) mass is 1070 g/mol. The minimum absolute atomic E-state index is 0.0154. The first kappa shape index (κ1) is 54.7. The maximum Gasteiger partial charge on any atom is 0.343 e. The molecule has 1 saturated heterocycles. The first-order valence-corrected chi connectivity index (χ1v) is 26.8. The van der Waals surface area contributed by atoms with Crippen molar-refractivity contribution < 1.29 is 68.7 Å². The van der Waals surface area contributed by atoms with E-state index in [1.165, 1.54) is 24.3 Å². The number of allylic oxidation sites excluding steroid dienone is 4. The van der Waals surface area contributed by atoms with Crippen molar-refractivity contribution in [2.45, 2.75) is 141 Å². The van der Waals surface area contributed by atoms with Crippen molar-refractivity contribution in [1.82, 2.24) is 14.9 Å². The van der Waals surface area contributed by atoms with E-state index < -0.39 is 89.7 Å². The Morgan fingerprint density at radius 3 is 2.37 bits per heavy atom. The number of aromatic nitrogens is 2. The molecule has 4 aromatic rings. The number of benzene rings is 3. The molecule has 11 rings (SSSR count). The quantitative estimate of drug-likeness (QED) is 0.0261. The van der Waals surface area contributed by atoms with E-state index in [-0.39, 0.29) is 60.3 Å². The number of aliphatic hydroxyl groups excluding tert-OH is 5. The van der Waals surface area contributed by atoms with Gasteiger partial charge in [-0.3, -0.25) is 9.59 Å². The number of carbonyl (C=O) groups is 3. The number of Topliss-reactive ketones (excluding diaryl/α,β-unsaturated/α-hetero) is 1. The lowest BCUT2D eigenvalue weighted by atomic mass is 9.46. The number of carbonyl (C=O) groups excluding carboxylic acids is 3. The van der Waals surface area contributed by atoms with E-state index in [0.717, 1.165) is 16.7 Å². The lowest BCUT2D eigenvalue weighted by molar-refractivity contribution is -0.277. The highest BCUT2D eigenvalue weighted by Crippen LogP contribution is 2.70. The Bertz CT molecular complexity index is 3220. The maximum atomic E-state index is 15.8. The van der Waals surface area contributed by atoms with Crippen molar-refractivity contribution in [3.05, 3.63) is 117 Å². The zero-order valence-electron chi connectivity index (χ0n) is 45.2. The van der Waals surface area contributed by atoms with Crippen LogP contribution in [-0.4, -0.2) is 125 Å². The lowest BCUT2D eigenvalue weighted by Crippen LogP contribution is -2.78. The number of nitrogens with zero attached hydrogens (tertiary/aromatic N) is 2. The van der Waals surface area contributed by atoms with Crippen molar-refractivity contribution in [1.29, 1.82) is 0 Å². The summed E-state index contributed by atoms with van der Waals surface area (Å²) >= 11 is 0. The summed E-state index contributed by atoms with van der Waals surface area (Å²) in [5.74, 6) is -1.91. The second kappa shape index (κ2) is 20.9. The van der Waals surface area contributed by atoms with Gasteiger partial charge in [-0.2, -0.15) is 0 Å². The Balaban J connectivity index is 1.20. The van der Waals surface area contributed by atoms with Gasteiger partial charge in [-0.15, -0.1) is 0 Å². The van der Waals surface area contributed by atoms with Crippen molar-refractivity contribution in [2.75, 3.05) is 25.1 Å². The minimum Gasteiger partial charge on any atom is -0.482 e. The third kappa shape index (κ3) is 9.04. The molecular formula is C60H70N4O14. The average molecular weight is 1070 g/mol. The third-order valence-electron chi connectivity index (χ3n) is 16.3. The van der Waals surface area contributed by atoms with Crippen LogP contribution >= 0.6 is 0 Å². The third-order valence-corrected chi connectivity index (χ3v) is 16.3. The predicted molar refractivity (Wildman–Crippen MR) is 290 cm³/mol. The van der Waals surface area contributed by atoms with Gasteiger partial charge in [-0.05, 0) is 122 Å². The molecule has 4 aliphatic heterocycles. The number of amides is 1. The first-order chi connectivity index (χ1) is 37.2. The van der Waals surface area contributed by atoms with Gasteiger partial charge in [0.25, 0.3) is 0 Å². The summed E-state index contributed by atoms with van der Waals surface area (Å²) in [6, 6.07) is 12.7. The zero-order chi connectivity index (χ0) is 55.7. The molecular weight excluding hydrogens is 1000 g/mol. The Hall–Kier alpha value is -6.64. The maximum absolute atomic E-state index is 15.8. The molecule has 3 saturated carbocycles. The van der Waals surface area contributed by atoms with E-state index in [2.05, 4.69) is 16.7 Å². The second-order valence-corrected chi connectivity index (χ2v) is 22.5. The van der Waals surface area contributed by atoms with Gasteiger partial charge in [0, 0.05) is 41.5 Å². The number of aliphatic hydroxyl groups is 6. The SMILES string of the molecule is CC(C)=CCCC1(C)C=Cc2c(c(CC=C(C)C)c3c(c2OC(=O)c2ccc(O[C@@H]4O[C@H](CO)[C@@H](O)[C@H](O)[C@H]4O)cc2)C2=C4C(C5CC(C(C)C)C4(O3)C(O)(C/C=C(/C)C(=O)NCCO)C5=O)n3c(nc4ccccc43)N2)O1. The Morgan fingerprint density at radius 2 is 1.68 bits per heavy atom. The number of ketones is 1. The number of anilines is 1. The van der Waals surface area contributed by atoms with Crippen LogP contribution in [-0.2, 0) is 20.7 Å². The van der Waals surface area contributed by atoms with Crippen LogP contribution in [0.4, 0.5) is 5.95 Å². The van der Waals surface area contributed by atoms with Gasteiger partial charge in [0.2, 0.25) is 18.1 Å². The molecule has 11 atom stereocenters. The first-order valence-electron chi connectivity index (χ1n) is 26.8. The highest BCUT2D eigenvalue weighted by molar-refractivity contribution is 6.04. The molecule has 3 aromatic carbocycles. The van der Waals surface area contributed by atoms with Crippen molar-refractivity contribution in [3.8, 4) is 23.0 Å². The number of hydrogen-bond donors (Lipinski definition) is 8. The number of nitrogens with one attached hydrogen (secondary N) is 2. The summed E-state index contributed by atoms with van der Waals surface area (Å²) in [5.41, 5.74) is 1.37. The molecule has 1 aromatic heterocycles. The van der Waals surface area contributed by atoms with Crippen LogP contribution in [0.15, 0.2) is 95.1 Å². The van der Waals surface area contributed by atoms with Crippen molar-refractivity contribution in [3.63, 3.8) is 0 Å². The summed E-state index contributed by atoms with van der Waals surface area (Å²) in [7, 11) is 0. The average Bonchev–Trinajstić information content (AvgIpc) is 2.97. The minimum atomic E-state index is -2.27. The van der Waals surface area contributed by atoms with Gasteiger partial charge in [-0.1, -0.05) is 55.4 Å². The molecule has 8 N–H and O–H groups in total. The van der Waals surface area contributed by atoms with Gasteiger partial charge in [0.1, 0.15) is 47.3 Å². The van der Waals surface area contributed by atoms with E-state index >= 15 is 4.79 Å². The van der Waals surface area contributed by atoms with Crippen LogP contribution in [0.5, 0.6) is 23.0 Å². The Kier molecular flexibility index (Phi) is 14.6. The van der Waals surface area contributed by atoms with Gasteiger partial charge in [0.15, 0.2) is 22.7 Å². The molecule has 3 aliphatic carbocycles. The number of ether oxygens (including phenoxy) is 5. The fraction of sp³-hybridized carbons (Fsp3) is 0.467. The van der Waals surface area contributed by atoms with E-state index in [4.69, 9.17) is 28.7 Å². The molecule has 0 radical (unpaired) electrons.